The van der Waals surface area contributed by atoms with Crippen molar-refractivity contribution in [2.75, 3.05) is 0 Å². The van der Waals surface area contributed by atoms with Gasteiger partial charge in [0.1, 0.15) is 0 Å². The lowest BCUT2D eigenvalue weighted by Crippen LogP contribution is -2.41. The highest BCUT2D eigenvalue weighted by Crippen LogP contribution is 2.58. The smallest absolute Gasteiger partial charge is 0.0573 e. The zero-order chi connectivity index (χ0) is 14.0. The Bertz CT molecular complexity index is 285. The maximum Gasteiger partial charge on any atom is 0.0573 e. The maximum absolute atomic E-state index is 10.3. The second kappa shape index (κ2) is 6.16. The summed E-state index contributed by atoms with van der Waals surface area (Å²) in [6.07, 6.45) is 10.4. The molecule has 0 bridgehead atoms. The summed E-state index contributed by atoms with van der Waals surface area (Å²) in [6.45, 7) is 9.61. The fraction of sp³-hybridized carbons (Fsp3) is 1.00. The Balaban J connectivity index is 1.93. The van der Waals surface area contributed by atoms with E-state index in [1.165, 1.54) is 44.9 Å². The van der Waals surface area contributed by atoms with Gasteiger partial charge in [-0.2, -0.15) is 0 Å². The summed E-state index contributed by atoms with van der Waals surface area (Å²) in [4.78, 5) is 0. The summed E-state index contributed by atoms with van der Waals surface area (Å²) < 4.78 is 0. The molecule has 2 aliphatic carbocycles. The third kappa shape index (κ3) is 3.17. The fourth-order valence-corrected chi connectivity index (χ4v) is 5.17. The summed E-state index contributed by atoms with van der Waals surface area (Å²) in [6, 6.07) is 0. The molecule has 0 aromatic carbocycles. The van der Waals surface area contributed by atoms with Crippen molar-refractivity contribution >= 4 is 0 Å². The van der Waals surface area contributed by atoms with Gasteiger partial charge in [0, 0.05) is 0 Å². The van der Waals surface area contributed by atoms with Crippen molar-refractivity contribution in [2.24, 2.45) is 29.1 Å². The van der Waals surface area contributed by atoms with E-state index in [-0.39, 0.29) is 6.10 Å². The first-order chi connectivity index (χ1) is 8.95. The van der Waals surface area contributed by atoms with Gasteiger partial charge in [-0.25, -0.2) is 0 Å². The van der Waals surface area contributed by atoms with E-state index in [1.54, 1.807) is 0 Å². The van der Waals surface area contributed by atoms with Crippen molar-refractivity contribution in [2.45, 2.75) is 85.2 Å². The van der Waals surface area contributed by atoms with Crippen LogP contribution in [0.5, 0.6) is 0 Å². The van der Waals surface area contributed by atoms with Gasteiger partial charge in [-0.3, -0.25) is 0 Å². The van der Waals surface area contributed by atoms with Crippen LogP contribution in [0.3, 0.4) is 0 Å². The molecule has 0 heterocycles. The first-order valence-corrected chi connectivity index (χ1v) is 8.63. The molecule has 19 heavy (non-hydrogen) atoms. The highest BCUT2D eigenvalue weighted by Gasteiger charge is 2.51. The summed E-state index contributed by atoms with van der Waals surface area (Å²) >= 11 is 0. The quantitative estimate of drug-likeness (QED) is 0.740. The number of fused-ring (bicyclic) bond motifs is 1. The highest BCUT2D eigenvalue weighted by atomic mass is 16.3. The Kier molecular flexibility index (Phi) is 4.98. The molecule has 0 radical (unpaired) electrons. The molecule has 2 rings (SSSR count). The van der Waals surface area contributed by atoms with E-state index in [0.29, 0.717) is 11.3 Å². The SMILES string of the molecule is CC(C)CCC[C@@H](C)C1CC[C@H]2[C@@H](O)CCC[C@]12C. The van der Waals surface area contributed by atoms with Gasteiger partial charge in [0.05, 0.1) is 6.10 Å². The molecule has 0 aromatic heterocycles. The molecule has 2 saturated carbocycles. The molecular formula is C18H34O. The van der Waals surface area contributed by atoms with Crippen LogP contribution in [0.4, 0.5) is 0 Å². The summed E-state index contributed by atoms with van der Waals surface area (Å²) in [5.41, 5.74) is 0.439. The van der Waals surface area contributed by atoms with E-state index in [1.807, 2.05) is 0 Å². The second-order valence-corrected chi connectivity index (χ2v) is 8.06. The van der Waals surface area contributed by atoms with Crippen LogP contribution in [0.1, 0.15) is 79.1 Å². The zero-order valence-corrected chi connectivity index (χ0v) is 13.5. The lowest BCUT2D eigenvalue weighted by molar-refractivity contribution is -0.0278. The first kappa shape index (κ1) is 15.4. The van der Waals surface area contributed by atoms with Crippen molar-refractivity contribution in [1.82, 2.24) is 0 Å². The van der Waals surface area contributed by atoms with E-state index in [9.17, 15) is 5.11 Å². The molecular weight excluding hydrogens is 232 g/mol. The molecule has 5 atom stereocenters. The van der Waals surface area contributed by atoms with Crippen LogP contribution in [-0.2, 0) is 0 Å². The molecule has 0 amide bonds. The van der Waals surface area contributed by atoms with Crippen molar-refractivity contribution in [3.8, 4) is 0 Å². The largest absolute Gasteiger partial charge is 0.393 e. The van der Waals surface area contributed by atoms with Gasteiger partial charge in [-0.15, -0.1) is 0 Å². The first-order valence-electron chi connectivity index (χ1n) is 8.63. The third-order valence-corrected chi connectivity index (χ3v) is 6.29. The van der Waals surface area contributed by atoms with E-state index in [2.05, 4.69) is 27.7 Å². The third-order valence-electron chi connectivity index (χ3n) is 6.29. The Hall–Kier alpha value is -0.0400. The maximum atomic E-state index is 10.3. The van der Waals surface area contributed by atoms with Crippen LogP contribution >= 0.6 is 0 Å². The number of rotatable bonds is 5. The Morgan fingerprint density at radius 1 is 1.11 bits per heavy atom. The minimum atomic E-state index is -0.00776. The lowest BCUT2D eigenvalue weighted by atomic mass is 9.61. The second-order valence-electron chi connectivity index (χ2n) is 8.06. The zero-order valence-electron chi connectivity index (χ0n) is 13.5. The predicted octanol–water partition coefficient (Wildman–Crippen LogP) is 5.03. The van der Waals surface area contributed by atoms with Gasteiger partial charge in [-0.05, 0) is 54.8 Å². The Morgan fingerprint density at radius 3 is 2.53 bits per heavy atom. The summed E-state index contributed by atoms with van der Waals surface area (Å²) in [5.74, 6) is 3.15. The molecule has 2 aliphatic rings. The van der Waals surface area contributed by atoms with E-state index in [0.717, 1.165) is 24.2 Å². The van der Waals surface area contributed by atoms with Gasteiger partial charge in [0.15, 0.2) is 0 Å². The molecule has 112 valence electrons. The average Bonchev–Trinajstić information content (AvgIpc) is 2.67. The van der Waals surface area contributed by atoms with Crippen LogP contribution < -0.4 is 0 Å². The monoisotopic (exact) mass is 266 g/mol. The molecule has 2 fully saturated rings. The lowest BCUT2D eigenvalue weighted by Gasteiger charge is -2.45. The van der Waals surface area contributed by atoms with Crippen LogP contribution in [0.15, 0.2) is 0 Å². The Labute approximate surface area is 120 Å². The molecule has 1 N–H and O–H groups in total. The average molecular weight is 266 g/mol. The van der Waals surface area contributed by atoms with Crippen LogP contribution in [-0.4, -0.2) is 11.2 Å². The highest BCUT2D eigenvalue weighted by molar-refractivity contribution is 5.01. The minimum absolute atomic E-state index is 0.00776. The van der Waals surface area contributed by atoms with Crippen molar-refractivity contribution in [3.63, 3.8) is 0 Å². The molecule has 1 nitrogen and oxygen atoms in total. The van der Waals surface area contributed by atoms with Gasteiger partial charge >= 0.3 is 0 Å². The van der Waals surface area contributed by atoms with Crippen LogP contribution in [0.25, 0.3) is 0 Å². The standard InChI is InChI=1S/C18H34O/c1-13(2)7-5-8-14(3)15-10-11-16-17(19)9-6-12-18(15,16)4/h13-17,19H,5-12H2,1-4H3/t14-,15?,16+,17+,18-/m1/s1. The van der Waals surface area contributed by atoms with Crippen LogP contribution in [0, 0.1) is 29.1 Å². The van der Waals surface area contributed by atoms with Crippen molar-refractivity contribution in [1.29, 1.82) is 0 Å². The van der Waals surface area contributed by atoms with Gasteiger partial charge in [0.25, 0.3) is 0 Å². The van der Waals surface area contributed by atoms with Gasteiger partial charge < -0.3 is 5.11 Å². The van der Waals surface area contributed by atoms with Gasteiger partial charge in [-0.1, -0.05) is 53.4 Å². The Morgan fingerprint density at radius 2 is 1.84 bits per heavy atom. The minimum Gasteiger partial charge on any atom is -0.393 e. The topological polar surface area (TPSA) is 20.2 Å². The van der Waals surface area contributed by atoms with E-state index >= 15 is 0 Å². The van der Waals surface area contributed by atoms with Crippen molar-refractivity contribution < 1.29 is 5.11 Å². The number of aliphatic hydroxyl groups is 1. The number of hydrogen-bond donors (Lipinski definition) is 1. The molecule has 1 unspecified atom stereocenters. The fourth-order valence-electron chi connectivity index (χ4n) is 5.17. The summed E-state index contributed by atoms with van der Waals surface area (Å²) in [5, 5.41) is 10.3. The molecule has 1 heteroatoms. The molecule has 0 spiro atoms. The number of hydrogen-bond acceptors (Lipinski definition) is 1. The normalized spacial score (nSPS) is 40.4. The van der Waals surface area contributed by atoms with Gasteiger partial charge in [0.2, 0.25) is 0 Å². The molecule has 0 aliphatic heterocycles. The predicted molar refractivity (Wildman–Crippen MR) is 82.0 cm³/mol. The molecule has 0 saturated heterocycles. The van der Waals surface area contributed by atoms with E-state index < -0.39 is 0 Å². The summed E-state index contributed by atoms with van der Waals surface area (Å²) in [7, 11) is 0. The number of aliphatic hydroxyl groups excluding tert-OH is 1. The molecule has 0 aromatic rings. The van der Waals surface area contributed by atoms with Crippen molar-refractivity contribution in [3.05, 3.63) is 0 Å². The van der Waals surface area contributed by atoms with Crippen LogP contribution in [0.2, 0.25) is 0 Å². The van der Waals surface area contributed by atoms with E-state index in [4.69, 9.17) is 0 Å².